The molecule has 2 atom stereocenters. The SMILES string of the molecule is O=C1CC2(CCN(C3C4CC3CN(C(=O)O)C4)CC2)CN1. The van der Waals surface area contributed by atoms with Crippen LogP contribution in [0.5, 0.6) is 0 Å². The van der Waals surface area contributed by atoms with Gasteiger partial charge in [0.2, 0.25) is 5.91 Å². The average Bonchev–Trinajstić information content (AvgIpc) is 2.83. The third-order valence-corrected chi connectivity index (χ3v) is 6.23. The van der Waals surface area contributed by atoms with Gasteiger partial charge in [-0.15, -0.1) is 0 Å². The summed E-state index contributed by atoms with van der Waals surface area (Å²) in [5.74, 6) is 1.26. The minimum Gasteiger partial charge on any atom is -0.465 e. The number of hydrogen-bond donors (Lipinski definition) is 2. The van der Waals surface area contributed by atoms with E-state index in [2.05, 4.69) is 10.2 Å². The molecule has 116 valence electrons. The fraction of sp³-hybridized carbons (Fsp3) is 0.867. The molecule has 2 bridgehead atoms. The normalized spacial score (nSPS) is 38.2. The van der Waals surface area contributed by atoms with Crippen molar-refractivity contribution in [1.82, 2.24) is 15.1 Å². The first kappa shape index (κ1) is 13.4. The van der Waals surface area contributed by atoms with Gasteiger partial charge in [-0.05, 0) is 49.6 Å². The van der Waals surface area contributed by atoms with Gasteiger partial charge in [0, 0.05) is 32.1 Å². The highest BCUT2D eigenvalue weighted by Gasteiger charge is 2.52. The second-order valence-corrected chi connectivity index (χ2v) is 7.42. The smallest absolute Gasteiger partial charge is 0.407 e. The molecule has 2 unspecified atom stereocenters. The van der Waals surface area contributed by atoms with Crippen LogP contribution in [0.15, 0.2) is 0 Å². The molecule has 3 heterocycles. The number of carboxylic acid groups (broad SMARTS) is 1. The average molecular weight is 293 g/mol. The van der Waals surface area contributed by atoms with Crippen molar-refractivity contribution in [1.29, 1.82) is 0 Å². The van der Waals surface area contributed by atoms with Gasteiger partial charge in [0.1, 0.15) is 0 Å². The first-order chi connectivity index (χ1) is 10.1. The van der Waals surface area contributed by atoms with E-state index < -0.39 is 6.09 Å². The molecule has 3 aliphatic heterocycles. The monoisotopic (exact) mass is 293 g/mol. The largest absolute Gasteiger partial charge is 0.465 e. The maximum atomic E-state index is 11.5. The third-order valence-electron chi connectivity index (χ3n) is 6.23. The summed E-state index contributed by atoms with van der Waals surface area (Å²) >= 11 is 0. The van der Waals surface area contributed by atoms with Gasteiger partial charge >= 0.3 is 6.09 Å². The molecule has 0 aromatic carbocycles. The van der Waals surface area contributed by atoms with Gasteiger partial charge < -0.3 is 15.3 Å². The molecule has 4 fully saturated rings. The van der Waals surface area contributed by atoms with Crippen LogP contribution in [0.3, 0.4) is 0 Å². The second kappa shape index (κ2) is 4.60. The molecule has 21 heavy (non-hydrogen) atoms. The molecule has 1 aliphatic carbocycles. The zero-order chi connectivity index (χ0) is 14.6. The number of rotatable bonds is 1. The van der Waals surface area contributed by atoms with Crippen molar-refractivity contribution >= 4 is 12.0 Å². The van der Waals surface area contributed by atoms with E-state index in [1.54, 1.807) is 4.90 Å². The van der Waals surface area contributed by atoms with Crippen LogP contribution in [0.1, 0.15) is 25.7 Å². The predicted molar refractivity (Wildman–Crippen MR) is 75.8 cm³/mol. The van der Waals surface area contributed by atoms with Crippen molar-refractivity contribution < 1.29 is 14.7 Å². The Morgan fingerprint density at radius 1 is 1.24 bits per heavy atom. The lowest BCUT2D eigenvalue weighted by Gasteiger charge is -2.58. The fourth-order valence-electron chi connectivity index (χ4n) is 5.02. The number of fused-ring (bicyclic) bond motifs is 2. The standard InChI is InChI=1S/C15H23N3O3/c19-12-6-15(9-16-12)1-3-17(4-2-15)13-10-5-11(13)8-18(7-10)14(20)21/h10-11,13H,1-9H2,(H,16,19)(H,20,21). The van der Waals surface area contributed by atoms with Gasteiger partial charge in [0.15, 0.2) is 0 Å². The number of carbonyl (C=O) groups is 2. The fourth-order valence-corrected chi connectivity index (χ4v) is 5.02. The minimum absolute atomic E-state index is 0.208. The number of likely N-dealkylation sites (tertiary alicyclic amines) is 2. The molecule has 0 aromatic rings. The molecule has 1 saturated carbocycles. The van der Waals surface area contributed by atoms with Crippen LogP contribution in [-0.2, 0) is 4.79 Å². The maximum Gasteiger partial charge on any atom is 0.407 e. The number of nitrogens with one attached hydrogen (secondary N) is 1. The van der Waals surface area contributed by atoms with Crippen molar-refractivity contribution in [2.24, 2.45) is 17.3 Å². The van der Waals surface area contributed by atoms with Gasteiger partial charge in [-0.1, -0.05) is 0 Å². The Balaban J connectivity index is 1.36. The Labute approximate surface area is 124 Å². The van der Waals surface area contributed by atoms with Crippen molar-refractivity contribution in [3.05, 3.63) is 0 Å². The predicted octanol–water partition coefficient (Wildman–Crippen LogP) is 0.587. The summed E-state index contributed by atoms with van der Waals surface area (Å²) in [6.45, 7) is 4.40. The van der Waals surface area contributed by atoms with Crippen molar-refractivity contribution in [2.75, 3.05) is 32.7 Å². The number of carbonyl (C=O) groups excluding carboxylic acids is 1. The highest BCUT2D eigenvalue weighted by molar-refractivity contribution is 5.79. The van der Waals surface area contributed by atoms with E-state index in [0.717, 1.165) is 32.5 Å². The third kappa shape index (κ3) is 2.11. The summed E-state index contributed by atoms with van der Waals surface area (Å²) < 4.78 is 0. The first-order valence-corrected chi connectivity index (χ1v) is 8.05. The first-order valence-electron chi connectivity index (χ1n) is 8.05. The molecule has 2 N–H and O–H groups in total. The number of nitrogens with zero attached hydrogens (tertiary/aromatic N) is 2. The molecule has 3 saturated heterocycles. The van der Waals surface area contributed by atoms with Crippen LogP contribution in [-0.4, -0.2) is 65.7 Å². The highest BCUT2D eigenvalue weighted by Crippen LogP contribution is 2.46. The summed E-state index contributed by atoms with van der Waals surface area (Å²) in [6.07, 6.45) is 3.33. The molecular weight excluding hydrogens is 270 g/mol. The quantitative estimate of drug-likeness (QED) is 0.742. The van der Waals surface area contributed by atoms with Crippen LogP contribution in [0.4, 0.5) is 4.79 Å². The van der Waals surface area contributed by atoms with E-state index >= 15 is 0 Å². The van der Waals surface area contributed by atoms with Crippen molar-refractivity contribution in [3.63, 3.8) is 0 Å². The van der Waals surface area contributed by atoms with Crippen LogP contribution >= 0.6 is 0 Å². The van der Waals surface area contributed by atoms with Crippen molar-refractivity contribution in [2.45, 2.75) is 31.7 Å². The lowest BCUT2D eigenvalue weighted by Crippen LogP contribution is -2.66. The van der Waals surface area contributed by atoms with Gasteiger partial charge in [-0.3, -0.25) is 9.69 Å². The van der Waals surface area contributed by atoms with E-state index in [1.165, 1.54) is 6.42 Å². The molecule has 2 amide bonds. The number of hydrogen-bond acceptors (Lipinski definition) is 3. The molecule has 4 rings (SSSR count). The van der Waals surface area contributed by atoms with Gasteiger partial charge in [-0.25, -0.2) is 4.79 Å². The van der Waals surface area contributed by atoms with Crippen LogP contribution in [0.25, 0.3) is 0 Å². The van der Waals surface area contributed by atoms with Gasteiger partial charge in [0.05, 0.1) is 0 Å². The Kier molecular flexibility index (Phi) is 2.93. The van der Waals surface area contributed by atoms with E-state index in [-0.39, 0.29) is 11.3 Å². The number of amides is 2. The Bertz CT molecular complexity index is 461. The van der Waals surface area contributed by atoms with Crippen LogP contribution in [0.2, 0.25) is 0 Å². The molecule has 6 nitrogen and oxygen atoms in total. The summed E-state index contributed by atoms with van der Waals surface area (Å²) in [5.41, 5.74) is 0.208. The lowest BCUT2D eigenvalue weighted by molar-refractivity contribution is -0.120. The maximum absolute atomic E-state index is 11.5. The molecule has 1 spiro atoms. The molecular formula is C15H23N3O3. The number of piperidine rings is 3. The second-order valence-electron chi connectivity index (χ2n) is 7.42. The van der Waals surface area contributed by atoms with E-state index in [1.807, 2.05) is 0 Å². The Morgan fingerprint density at radius 2 is 1.90 bits per heavy atom. The summed E-state index contributed by atoms with van der Waals surface area (Å²) in [7, 11) is 0. The van der Waals surface area contributed by atoms with E-state index in [0.29, 0.717) is 37.4 Å². The van der Waals surface area contributed by atoms with Crippen molar-refractivity contribution in [3.8, 4) is 0 Å². The van der Waals surface area contributed by atoms with Crippen LogP contribution in [0, 0.1) is 17.3 Å². The topological polar surface area (TPSA) is 72.9 Å². The minimum atomic E-state index is -0.767. The van der Waals surface area contributed by atoms with Gasteiger partial charge in [0.25, 0.3) is 0 Å². The Morgan fingerprint density at radius 3 is 2.43 bits per heavy atom. The summed E-state index contributed by atoms with van der Waals surface area (Å²) in [4.78, 5) is 26.7. The molecule has 6 heteroatoms. The summed E-state index contributed by atoms with van der Waals surface area (Å²) in [6, 6.07) is 0.586. The summed E-state index contributed by atoms with van der Waals surface area (Å²) in [5, 5.41) is 12.1. The lowest BCUT2D eigenvalue weighted by atomic mass is 9.64. The highest BCUT2D eigenvalue weighted by atomic mass is 16.4. The molecule has 4 aliphatic rings. The van der Waals surface area contributed by atoms with Crippen LogP contribution < -0.4 is 5.32 Å². The zero-order valence-corrected chi connectivity index (χ0v) is 12.3. The molecule has 0 radical (unpaired) electrons. The molecule has 0 aromatic heterocycles. The zero-order valence-electron chi connectivity index (χ0n) is 12.3. The van der Waals surface area contributed by atoms with E-state index in [4.69, 9.17) is 5.11 Å². The Hall–Kier alpha value is -1.30. The van der Waals surface area contributed by atoms with Gasteiger partial charge in [-0.2, -0.15) is 0 Å². The van der Waals surface area contributed by atoms with E-state index in [9.17, 15) is 9.59 Å².